The van der Waals surface area contributed by atoms with Crippen molar-refractivity contribution in [3.05, 3.63) is 0 Å². The van der Waals surface area contributed by atoms with Crippen LogP contribution in [0, 0.1) is 0 Å². The third kappa shape index (κ3) is 22.2. The highest BCUT2D eigenvalue weighted by molar-refractivity contribution is 7.74. The van der Waals surface area contributed by atoms with Crippen LogP contribution in [0.2, 0.25) is 0 Å². The number of halogens is 1. The van der Waals surface area contributed by atoms with Crippen LogP contribution in [0.4, 0.5) is 0 Å². The smallest absolute Gasteiger partial charge is 0.0799 e. The van der Waals surface area contributed by atoms with Gasteiger partial charge in [-0.2, -0.15) is 5.09 Å². The van der Waals surface area contributed by atoms with Crippen LogP contribution in [-0.2, 0) is 0 Å². The molecule has 0 aliphatic carbocycles. The lowest BCUT2D eigenvalue weighted by atomic mass is 10.1. The number of aliphatic hydroxyl groups is 1. The van der Waals surface area contributed by atoms with E-state index in [0.717, 1.165) is 13.0 Å². The van der Waals surface area contributed by atoms with E-state index in [1.54, 1.807) is 0 Å². The molecule has 2 N–H and O–H groups in total. The Labute approximate surface area is 204 Å². The normalized spacial score (nSPS) is 11.6. The third-order valence-corrected chi connectivity index (χ3v) is 11.0. The van der Waals surface area contributed by atoms with E-state index in [9.17, 15) is 5.11 Å². The molecule has 0 rings (SSSR count). The van der Waals surface area contributed by atoms with Crippen LogP contribution in [0.3, 0.4) is 0 Å². The molecule has 0 aromatic carbocycles. The van der Waals surface area contributed by atoms with Gasteiger partial charge in [-0.05, 0) is 44.9 Å². The predicted molar refractivity (Wildman–Crippen MR) is 149 cm³/mol. The van der Waals surface area contributed by atoms with E-state index in [4.69, 9.17) is 0 Å². The molecule has 0 radical (unpaired) electrons. The Kier molecular flexibility index (Phi) is 29.3. The second-order valence-electron chi connectivity index (χ2n) is 9.60. The fraction of sp³-hybridized carbons (Fsp3) is 1.00. The number of hydrogen-bond donors (Lipinski definition) is 2. The quantitative estimate of drug-likeness (QED) is 0.101. The van der Waals surface area contributed by atoms with E-state index in [-0.39, 0.29) is 12.4 Å². The van der Waals surface area contributed by atoms with Crippen molar-refractivity contribution in [2.24, 2.45) is 0 Å². The largest absolute Gasteiger partial charge is 0.396 e. The Balaban J connectivity index is 0. The molecule has 0 fully saturated rings. The fourth-order valence-corrected chi connectivity index (χ4v) is 8.82. The standard InChI is InChI=1S/C27H59NOP.ClH/c1-4-7-10-13-16-19-25-30(28-23-22-24-29,26-20-17-14-11-8-5-2)27-21-18-15-12-9-6-3;/h28-29H,4-27H2,1-3H3;1H/q+1;. The van der Waals surface area contributed by atoms with E-state index in [0.29, 0.717) is 6.61 Å². The summed E-state index contributed by atoms with van der Waals surface area (Å²) in [6.45, 7) is 8.29. The monoisotopic (exact) mass is 480 g/mol. The summed E-state index contributed by atoms with van der Waals surface area (Å²) in [4.78, 5) is 0. The summed E-state index contributed by atoms with van der Waals surface area (Å²) in [5.74, 6) is 0. The summed E-state index contributed by atoms with van der Waals surface area (Å²) >= 11 is 0. The minimum absolute atomic E-state index is 0. The van der Waals surface area contributed by atoms with Gasteiger partial charge >= 0.3 is 0 Å². The van der Waals surface area contributed by atoms with Gasteiger partial charge < -0.3 is 5.11 Å². The Morgan fingerprint density at radius 1 is 0.484 bits per heavy atom. The molecule has 0 unspecified atom stereocenters. The molecule has 2 nitrogen and oxygen atoms in total. The Hall–Kier alpha value is 0.640. The number of unbranched alkanes of at least 4 members (excludes halogenated alkanes) is 15. The van der Waals surface area contributed by atoms with Gasteiger partial charge in [-0.15, -0.1) is 12.4 Å². The van der Waals surface area contributed by atoms with Crippen molar-refractivity contribution in [1.82, 2.24) is 5.09 Å². The van der Waals surface area contributed by atoms with Gasteiger partial charge in [0.25, 0.3) is 0 Å². The maximum atomic E-state index is 9.33. The van der Waals surface area contributed by atoms with Gasteiger partial charge in [0.05, 0.1) is 25.9 Å². The first kappa shape index (κ1) is 33.8. The summed E-state index contributed by atoms with van der Waals surface area (Å²) in [7, 11) is -1.05. The lowest BCUT2D eigenvalue weighted by molar-refractivity contribution is 0.289. The van der Waals surface area contributed by atoms with Crippen LogP contribution in [0.1, 0.15) is 143 Å². The van der Waals surface area contributed by atoms with Gasteiger partial charge in [-0.25, -0.2) is 0 Å². The summed E-state index contributed by atoms with van der Waals surface area (Å²) in [5, 5.41) is 13.4. The van der Waals surface area contributed by atoms with E-state index in [1.165, 1.54) is 134 Å². The molecule has 0 atom stereocenters. The number of aliphatic hydroxyl groups excluding tert-OH is 1. The minimum Gasteiger partial charge on any atom is -0.396 e. The van der Waals surface area contributed by atoms with Crippen LogP contribution in [-0.4, -0.2) is 36.7 Å². The van der Waals surface area contributed by atoms with Crippen LogP contribution in [0.5, 0.6) is 0 Å². The van der Waals surface area contributed by atoms with Crippen molar-refractivity contribution < 1.29 is 5.11 Å². The van der Waals surface area contributed by atoms with E-state index in [1.807, 2.05) is 0 Å². The lowest BCUT2D eigenvalue weighted by Gasteiger charge is -2.29. The van der Waals surface area contributed by atoms with E-state index >= 15 is 0 Å². The van der Waals surface area contributed by atoms with Gasteiger partial charge in [-0.1, -0.05) is 97.8 Å². The van der Waals surface area contributed by atoms with Crippen molar-refractivity contribution in [1.29, 1.82) is 0 Å². The molecule has 31 heavy (non-hydrogen) atoms. The molecule has 0 bridgehead atoms. The molecule has 0 spiro atoms. The first-order chi connectivity index (χ1) is 14.7. The molecule has 190 valence electrons. The second kappa shape index (κ2) is 26.9. The van der Waals surface area contributed by atoms with Crippen molar-refractivity contribution in [2.75, 3.05) is 31.6 Å². The molecule has 0 saturated heterocycles. The van der Waals surface area contributed by atoms with Crippen LogP contribution in [0.15, 0.2) is 0 Å². The average molecular weight is 481 g/mol. The zero-order chi connectivity index (χ0) is 22.2. The number of hydrogen-bond acceptors (Lipinski definition) is 2. The second-order valence-corrected chi connectivity index (χ2v) is 13.6. The Morgan fingerprint density at radius 2 is 0.806 bits per heavy atom. The van der Waals surface area contributed by atoms with Crippen molar-refractivity contribution in [2.45, 2.75) is 143 Å². The SMILES string of the molecule is CCCCCCCC[P+](CCCCCCCC)(CCCCCCCC)NCCCO.Cl. The van der Waals surface area contributed by atoms with Gasteiger partial charge in [0.2, 0.25) is 0 Å². The van der Waals surface area contributed by atoms with Gasteiger partial charge in [0.15, 0.2) is 0 Å². The molecule has 0 aromatic heterocycles. The topological polar surface area (TPSA) is 32.3 Å². The Bertz CT molecular complexity index is 290. The van der Waals surface area contributed by atoms with Crippen LogP contribution in [0.25, 0.3) is 0 Å². The van der Waals surface area contributed by atoms with E-state index in [2.05, 4.69) is 25.9 Å². The average Bonchev–Trinajstić information content (AvgIpc) is 2.75. The molecule has 0 aliphatic heterocycles. The zero-order valence-corrected chi connectivity index (χ0v) is 23.5. The minimum atomic E-state index is -1.05. The molecule has 0 saturated carbocycles. The number of rotatable bonds is 25. The number of nitrogens with one attached hydrogen (secondary N) is 1. The zero-order valence-electron chi connectivity index (χ0n) is 21.8. The Morgan fingerprint density at radius 3 is 1.13 bits per heavy atom. The molecule has 4 heteroatoms. The molecular formula is C27H60ClNOP+. The summed E-state index contributed by atoms with van der Waals surface area (Å²) in [6, 6.07) is 0. The van der Waals surface area contributed by atoms with Gasteiger partial charge in [0.1, 0.15) is 0 Å². The van der Waals surface area contributed by atoms with Crippen molar-refractivity contribution in [3.8, 4) is 0 Å². The lowest BCUT2D eigenvalue weighted by Crippen LogP contribution is -2.26. The summed E-state index contributed by atoms with van der Waals surface area (Å²) in [5.41, 5.74) is 0. The highest BCUT2D eigenvalue weighted by Crippen LogP contribution is 2.57. The molecular weight excluding hydrogens is 421 g/mol. The van der Waals surface area contributed by atoms with E-state index < -0.39 is 7.41 Å². The first-order valence-electron chi connectivity index (χ1n) is 14.0. The highest BCUT2D eigenvalue weighted by Gasteiger charge is 2.35. The van der Waals surface area contributed by atoms with Crippen LogP contribution >= 0.6 is 19.8 Å². The van der Waals surface area contributed by atoms with Crippen molar-refractivity contribution in [3.63, 3.8) is 0 Å². The fourth-order valence-electron chi connectivity index (χ4n) is 4.55. The van der Waals surface area contributed by atoms with Crippen molar-refractivity contribution >= 4 is 19.8 Å². The maximum Gasteiger partial charge on any atom is 0.0799 e. The molecule has 0 amide bonds. The first-order valence-corrected chi connectivity index (χ1v) is 16.3. The van der Waals surface area contributed by atoms with Gasteiger partial charge in [-0.3, -0.25) is 0 Å². The summed E-state index contributed by atoms with van der Waals surface area (Å²) in [6.07, 6.45) is 30.7. The third-order valence-electron chi connectivity index (χ3n) is 6.60. The summed E-state index contributed by atoms with van der Waals surface area (Å²) < 4.78 is 0. The highest BCUT2D eigenvalue weighted by atomic mass is 35.5. The van der Waals surface area contributed by atoms with Gasteiger partial charge in [0, 0.05) is 13.2 Å². The molecule has 0 aliphatic rings. The predicted octanol–water partition coefficient (Wildman–Crippen LogP) is 9.39. The van der Waals surface area contributed by atoms with Crippen LogP contribution < -0.4 is 5.09 Å². The maximum absolute atomic E-state index is 9.33. The molecule has 0 heterocycles. The molecule has 0 aromatic rings.